The molecule has 0 saturated carbocycles. The number of carbonyl (C=O) groups excluding carboxylic acids is 1. The summed E-state index contributed by atoms with van der Waals surface area (Å²) in [7, 11) is 0. The largest absolute Gasteiger partial charge is 0.376 e. The van der Waals surface area contributed by atoms with Crippen LogP contribution in [0.2, 0.25) is 10.0 Å². The molecule has 3 rings (SSSR count). The highest BCUT2D eigenvalue weighted by atomic mass is 35.5. The average Bonchev–Trinajstić information content (AvgIpc) is 3.11. The smallest absolute Gasteiger partial charge is 0.322 e. The fourth-order valence-electron chi connectivity index (χ4n) is 2.75. The Labute approximate surface area is 156 Å². The van der Waals surface area contributed by atoms with E-state index in [2.05, 4.69) is 10.3 Å². The third-order valence-electron chi connectivity index (χ3n) is 4.00. The van der Waals surface area contributed by atoms with Gasteiger partial charge in [0.05, 0.1) is 16.8 Å². The van der Waals surface area contributed by atoms with E-state index in [1.165, 1.54) is 0 Å². The Balaban J connectivity index is 1.74. The van der Waals surface area contributed by atoms with Crippen LogP contribution in [0.15, 0.2) is 42.7 Å². The predicted molar refractivity (Wildman–Crippen MR) is 99.1 cm³/mol. The van der Waals surface area contributed by atoms with E-state index >= 15 is 0 Å². The van der Waals surface area contributed by atoms with Crippen LogP contribution in [0.5, 0.6) is 0 Å². The summed E-state index contributed by atoms with van der Waals surface area (Å²) in [5, 5.41) is 3.79. The van der Waals surface area contributed by atoms with E-state index in [1.807, 2.05) is 12.1 Å². The van der Waals surface area contributed by atoms with E-state index in [0.717, 1.165) is 25.0 Å². The number of hydrogen-bond donors (Lipinski definition) is 1. The molecule has 0 spiro atoms. The van der Waals surface area contributed by atoms with Crippen molar-refractivity contribution in [2.45, 2.75) is 25.5 Å². The molecular formula is C18H19Cl2N3O2. The highest BCUT2D eigenvalue weighted by molar-refractivity contribution is 6.35. The van der Waals surface area contributed by atoms with Crippen molar-refractivity contribution < 1.29 is 9.53 Å². The van der Waals surface area contributed by atoms with Crippen molar-refractivity contribution in [2.75, 3.05) is 18.5 Å². The zero-order chi connectivity index (χ0) is 17.6. The Hall–Kier alpha value is -1.82. The second-order valence-electron chi connectivity index (χ2n) is 5.93. The summed E-state index contributed by atoms with van der Waals surface area (Å²) in [5.74, 6) is 0. The molecule has 5 nitrogen and oxygen atoms in total. The molecule has 1 atom stereocenters. The first kappa shape index (κ1) is 18.0. The van der Waals surface area contributed by atoms with Gasteiger partial charge in [0.2, 0.25) is 0 Å². The number of pyridine rings is 1. The van der Waals surface area contributed by atoms with Crippen LogP contribution in [0, 0.1) is 0 Å². The molecule has 2 heterocycles. The summed E-state index contributed by atoms with van der Waals surface area (Å²) in [6, 6.07) is 8.52. The first-order valence-corrected chi connectivity index (χ1v) is 8.89. The molecule has 132 valence electrons. The normalized spacial score (nSPS) is 16.6. The number of halogens is 2. The number of aromatic nitrogens is 1. The number of ether oxygens (including phenoxy) is 1. The molecule has 1 aromatic carbocycles. The Bertz CT molecular complexity index is 722. The topological polar surface area (TPSA) is 54.5 Å². The van der Waals surface area contributed by atoms with Gasteiger partial charge in [-0.3, -0.25) is 4.98 Å². The number of nitrogens with zero attached hydrogens (tertiary/aromatic N) is 2. The highest BCUT2D eigenvalue weighted by Crippen LogP contribution is 2.26. The van der Waals surface area contributed by atoms with Gasteiger partial charge in [0.15, 0.2) is 0 Å². The van der Waals surface area contributed by atoms with Crippen molar-refractivity contribution in [1.29, 1.82) is 0 Å². The molecule has 0 radical (unpaired) electrons. The van der Waals surface area contributed by atoms with E-state index in [-0.39, 0.29) is 12.1 Å². The molecule has 2 amide bonds. The van der Waals surface area contributed by atoms with Gasteiger partial charge in [-0.1, -0.05) is 29.3 Å². The Kier molecular flexibility index (Phi) is 6.13. The van der Waals surface area contributed by atoms with E-state index in [4.69, 9.17) is 27.9 Å². The molecule has 25 heavy (non-hydrogen) atoms. The summed E-state index contributed by atoms with van der Waals surface area (Å²) >= 11 is 12.1. The van der Waals surface area contributed by atoms with Gasteiger partial charge >= 0.3 is 6.03 Å². The van der Waals surface area contributed by atoms with Crippen LogP contribution in [-0.4, -0.2) is 35.2 Å². The molecule has 1 aromatic heterocycles. The van der Waals surface area contributed by atoms with Gasteiger partial charge in [0.25, 0.3) is 0 Å². The number of anilines is 1. The zero-order valence-corrected chi connectivity index (χ0v) is 15.1. The Morgan fingerprint density at radius 3 is 2.96 bits per heavy atom. The van der Waals surface area contributed by atoms with E-state index < -0.39 is 0 Å². The summed E-state index contributed by atoms with van der Waals surface area (Å²) in [6.07, 6.45) is 5.49. The first-order valence-electron chi connectivity index (χ1n) is 8.13. The lowest BCUT2D eigenvalue weighted by Gasteiger charge is -2.26. The second kappa shape index (κ2) is 8.52. The minimum absolute atomic E-state index is 0.0530. The van der Waals surface area contributed by atoms with Crippen molar-refractivity contribution in [3.8, 4) is 0 Å². The molecule has 7 heteroatoms. The SMILES string of the molecule is O=C(Nc1cc(Cl)ccc1Cl)N(Cc1cccnc1)CC1CCCO1. The number of hydrogen-bond acceptors (Lipinski definition) is 3. The third kappa shape index (κ3) is 5.08. The first-order chi connectivity index (χ1) is 12.1. The van der Waals surface area contributed by atoms with Crippen LogP contribution in [0.3, 0.4) is 0 Å². The molecule has 1 saturated heterocycles. The molecular weight excluding hydrogens is 361 g/mol. The summed E-state index contributed by atoms with van der Waals surface area (Å²) in [4.78, 5) is 18.6. The summed E-state index contributed by atoms with van der Waals surface area (Å²) < 4.78 is 5.68. The maximum absolute atomic E-state index is 12.8. The summed E-state index contributed by atoms with van der Waals surface area (Å²) in [6.45, 7) is 1.70. The highest BCUT2D eigenvalue weighted by Gasteiger charge is 2.23. The van der Waals surface area contributed by atoms with Gasteiger partial charge in [0.1, 0.15) is 0 Å². The van der Waals surface area contributed by atoms with Crippen LogP contribution in [0.4, 0.5) is 10.5 Å². The minimum atomic E-state index is -0.247. The van der Waals surface area contributed by atoms with Crippen molar-refractivity contribution in [2.24, 2.45) is 0 Å². The molecule has 0 aliphatic carbocycles. The van der Waals surface area contributed by atoms with E-state index in [9.17, 15) is 4.79 Å². The molecule has 0 bridgehead atoms. The van der Waals surface area contributed by atoms with E-state index in [1.54, 1.807) is 35.5 Å². The fourth-order valence-corrected chi connectivity index (χ4v) is 3.09. The molecule has 1 unspecified atom stereocenters. The van der Waals surface area contributed by atoms with Crippen LogP contribution in [-0.2, 0) is 11.3 Å². The van der Waals surface area contributed by atoms with Gasteiger partial charge in [-0.25, -0.2) is 4.79 Å². The van der Waals surface area contributed by atoms with Gasteiger partial charge in [-0.15, -0.1) is 0 Å². The van der Waals surface area contributed by atoms with Crippen LogP contribution < -0.4 is 5.32 Å². The summed E-state index contributed by atoms with van der Waals surface area (Å²) in [5.41, 5.74) is 1.44. The molecule has 2 aromatic rings. The zero-order valence-electron chi connectivity index (χ0n) is 13.6. The lowest BCUT2D eigenvalue weighted by atomic mass is 10.2. The van der Waals surface area contributed by atoms with E-state index in [0.29, 0.717) is 28.8 Å². The monoisotopic (exact) mass is 379 g/mol. The maximum Gasteiger partial charge on any atom is 0.322 e. The molecule has 1 aliphatic rings. The number of carbonyl (C=O) groups is 1. The Morgan fingerprint density at radius 1 is 1.36 bits per heavy atom. The number of nitrogens with one attached hydrogen (secondary N) is 1. The van der Waals surface area contributed by atoms with Crippen molar-refractivity contribution in [1.82, 2.24) is 9.88 Å². The lowest BCUT2D eigenvalue weighted by molar-refractivity contribution is 0.0819. The number of urea groups is 1. The van der Waals surface area contributed by atoms with Crippen LogP contribution in [0.1, 0.15) is 18.4 Å². The van der Waals surface area contributed by atoms with Crippen molar-refractivity contribution in [3.63, 3.8) is 0 Å². The van der Waals surface area contributed by atoms with Crippen LogP contribution >= 0.6 is 23.2 Å². The molecule has 1 aliphatic heterocycles. The maximum atomic E-state index is 12.8. The minimum Gasteiger partial charge on any atom is -0.376 e. The van der Waals surface area contributed by atoms with Gasteiger partial charge in [0, 0.05) is 37.1 Å². The predicted octanol–water partition coefficient (Wildman–Crippen LogP) is 4.60. The Morgan fingerprint density at radius 2 is 2.24 bits per heavy atom. The van der Waals surface area contributed by atoms with Crippen LogP contribution in [0.25, 0.3) is 0 Å². The fraction of sp³-hybridized carbons (Fsp3) is 0.333. The lowest BCUT2D eigenvalue weighted by Crippen LogP contribution is -2.39. The average molecular weight is 380 g/mol. The number of benzene rings is 1. The quantitative estimate of drug-likeness (QED) is 0.825. The number of amides is 2. The standard InChI is InChI=1S/C18H19Cl2N3O2/c19-14-5-6-16(20)17(9-14)22-18(24)23(12-15-4-2-8-25-15)11-13-3-1-7-21-10-13/h1,3,5-7,9-10,15H,2,4,8,11-12H2,(H,22,24). The molecule has 1 fully saturated rings. The van der Waals surface area contributed by atoms with Crippen molar-refractivity contribution in [3.05, 3.63) is 58.3 Å². The molecule has 1 N–H and O–H groups in total. The van der Waals surface area contributed by atoms with Crippen molar-refractivity contribution >= 4 is 34.9 Å². The van der Waals surface area contributed by atoms with Gasteiger partial charge < -0.3 is 15.0 Å². The van der Waals surface area contributed by atoms with Gasteiger partial charge in [-0.05, 0) is 42.7 Å². The number of rotatable bonds is 5. The second-order valence-corrected chi connectivity index (χ2v) is 6.77. The third-order valence-corrected chi connectivity index (χ3v) is 4.57. The van der Waals surface area contributed by atoms with Gasteiger partial charge in [-0.2, -0.15) is 0 Å².